The lowest BCUT2D eigenvalue weighted by Crippen LogP contribution is -2.32. The molecule has 1 aromatic carbocycles. The fourth-order valence-corrected chi connectivity index (χ4v) is 2.31. The van der Waals surface area contributed by atoms with E-state index in [1.54, 1.807) is 18.2 Å². The van der Waals surface area contributed by atoms with Gasteiger partial charge in [-0.3, -0.25) is 0 Å². The normalized spacial score (nSPS) is 18.5. The van der Waals surface area contributed by atoms with E-state index >= 15 is 0 Å². The number of hydrogen-bond acceptors (Lipinski definition) is 5. The van der Waals surface area contributed by atoms with Gasteiger partial charge in [-0.05, 0) is 37.5 Å². The zero-order valence-electron chi connectivity index (χ0n) is 11.9. The fraction of sp³-hybridized carbons (Fsp3) is 0.571. The topological polar surface area (TPSA) is 62.2 Å². The molecule has 1 unspecified atom stereocenters. The van der Waals surface area contributed by atoms with E-state index in [4.69, 9.17) is 19.5 Å². The van der Waals surface area contributed by atoms with E-state index < -0.39 is 7.12 Å². The first-order chi connectivity index (χ1) is 9.65. The molecule has 1 heterocycles. The van der Waals surface area contributed by atoms with Crippen LogP contribution in [0.15, 0.2) is 24.3 Å². The smallest absolute Gasteiger partial charge is 0.488 e. The first-order valence-electron chi connectivity index (χ1n) is 7.04. The van der Waals surface area contributed by atoms with Crippen molar-refractivity contribution in [3.05, 3.63) is 24.3 Å². The van der Waals surface area contributed by atoms with Crippen molar-refractivity contribution in [3.8, 4) is 5.75 Å². The summed E-state index contributed by atoms with van der Waals surface area (Å²) in [5.74, 6) is 0.654. The number of rotatable bonds is 7. The summed E-state index contributed by atoms with van der Waals surface area (Å²) in [7, 11) is 0.597. The van der Waals surface area contributed by atoms with Crippen molar-refractivity contribution in [2.24, 2.45) is 0 Å². The summed E-state index contributed by atoms with van der Waals surface area (Å²) in [6, 6.07) is 6.86. The number of likely N-dealkylation sites (N-methyl/N-ethyl adjacent to an activating group) is 1. The van der Waals surface area contributed by atoms with Crippen LogP contribution in [0, 0.1) is 0 Å². The average molecular weight is 279 g/mol. The lowest BCUT2D eigenvalue weighted by molar-refractivity contribution is 0.0771. The third-order valence-electron chi connectivity index (χ3n) is 3.44. The maximum Gasteiger partial charge on any atom is 0.488 e. The van der Waals surface area contributed by atoms with E-state index in [0.29, 0.717) is 23.9 Å². The summed E-state index contributed by atoms with van der Waals surface area (Å²) in [4.78, 5) is 2.20. The maximum atomic E-state index is 9.10. The Hall–Kier alpha value is -1.08. The molecular formula is C14H22BNO4. The Kier molecular flexibility index (Phi) is 5.85. The summed E-state index contributed by atoms with van der Waals surface area (Å²) < 4.78 is 11.2. The Labute approximate surface area is 120 Å². The summed E-state index contributed by atoms with van der Waals surface area (Å²) in [5, 5.41) is 18.2. The van der Waals surface area contributed by atoms with Crippen LogP contribution in [0.1, 0.15) is 12.8 Å². The Balaban J connectivity index is 1.70. The van der Waals surface area contributed by atoms with Gasteiger partial charge in [0.1, 0.15) is 12.4 Å². The quantitative estimate of drug-likeness (QED) is 0.680. The molecule has 0 radical (unpaired) electrons. The van der Waals surface area contributed by atoms with Crippen molar-refractivity contribution >= 4 is 12.6 Å². The molecule has 110 valence electrons. The molecule has 0 saturated carbocycles. The van der Waals surface area contributed by atoms with E-state index in [2.05, 4.69) is 11.9 Å². The largest absolute Gasteiger partial charge is 0.492 e. The molecule has 0 aromatic heterocycles. The predicted octanol–water partition coefficient (Wildman–Crippen LogP) is -0.144. The van der Waals surface area contributed by atoms with E-state index in [1.165, 1.54) is 0 Å². The van der Waals surface area contributed by atoms with Crippen molar-refractivity contribution in [2.75, 3.05) is 33.4 Å². The number of benzene rings is 1. The summed E-state index contributed by atoms with van der Waals surface area (Å²) in [5.41, 5.74) is 0.440. The van der Waals surface area contributed by atoms with Crippen molar-refractivity contribution < 1.29 is 19.5 Å². The van der Waals surface area contributed by atoms with Crippen LogP contribution in [0.2, 0.25) is 0 Å². The van der Waals surface area contributed by atoms with Crippen LogP contribution in [-0.2, 0) is 4.74 Å². The standard InChI is InChI=1S/C14H22BNO4/c1-16(11-14-6-3-8-19-14)7-9-20-13-5-2-4-12(10-13)15(17)18/h2,4-5,10,14,17-18H,3,6-9,11H2,1H3. The van der Waals surface area contributed by atoms with Crippen LogP contribution in [0.3, 0.4) is 0 Å². The fourth-order valence-electron chi connectivity index (χ4n) is 2.31. The Morgan fingerprint density at radius 1 is 1.45 bits per heavy atom. The highest BCUT2D eigenvalue weighted by Gasteiger charge is 2.17. The Bertz CT molecular complexity index is 410. The number of hydrogen-bond donors (Lipinski definition) is 2. The Morgan fingerprint density at radius 2 is 2.30 bits per heavy atom. The Morgan fingerprint density at radius 3 is 3.00 bits per heavy atom. The van der Waals surface area contributed by atoms with E-state index in [1.807, 2.05) is 6.07 Å². The molecule has 0 aliphatic carbocycles. The lowest BCUT2D eigenvalue weighted by Gasteiger charge is -2.20. The van der Waals surface area contributed by atoms with Crippen LogP contribution >= 0.6 is 0 Å². The summed E-state index contributed by atoms with van der Waals surface area (Å²) >= 11 is 0. The van der Waals surface area contributed by atoms with Gasteiger partial charge in [0.05, 0.1) is 6.10 Å². The third kappa shape index (κ3) is 4.79. The van der Waals surface area contributed by atoms with Gasteiger partial charge in [0, 0.05) is 19.7 Å². The van der Waals surface area contributed by atoms with Crippen LogP contribution in [0.25, 0.3) is 0 Å². The highest BCUT2D eigenvalue weighted by molar-refractivity contribution is 6.58. The molecule has 1 saturated heterocycles. The number of nitrogens with zero attached hydrogens (tertiary/aromatic N) is 1. The zero-order valence-corrected chi connectivity index (χ0v) is 11.9. The van der Waals surface area contributed by atoms with Gasteiger partial charge < -0.3 is 24.4 Å². The summed E-state index contributed by atoms with van der Waals surface area (Å²) in [6.45, 7) is 3.18. The first-order valence-corrected chi connectivity index (χ1v) is 7.04. The zero-order chi connectivity index (χ0) is 14.4. The van der Waals surface area contributed by atoms with Crippen molar-refractivity contribution in [1.29, 1.82) is 0 Å². The minimum atomic E-state index is -1.46. The molecule has 5 nitrogen and oxygen atoms in total. The molecule has 1 aliphatic heterocycles. The van der Waals surface area contributed by atoms with Gasteiger partial charge in [-0.2, -0.15) is 0 Å². The average Bonchev–Trinajstić information content (AvgIpc) is 2.92. The molecule has 1 atom stereocenters. The second kappa shape index (κ2) is 7.64. The molecule has 0 bridgehead atoms. The highest BCUT2D eigenvalue weighted by Crippen LogP contribution is 2.12. The number of ether oxygens (including phenoxy) is 2. The van der Waals surface area contributed by atoms with Crippen molar-refractivity contribution in [1.82, 2.24) is 4.90 Å². The maximum absolute atomic E-state index is 9.10. The minimum absolute atomic E-state index is 0.355. The molecule has 0 amide bonds. The van der Waals surface area contributed by atoms with Gasteiger partial charge in [0.25, 0.3) is 0 Å². The van der Waals surface area contributed by atoms with Gasteiger partial charge >= 0.3 is 7.12 Å². The van der Waals surface area contributed by atoms with Gasteiger partial charge in [-0.25, -0.2) is 0 Å². The van der Waals surface area contributed by atoms with E-state index in [9.17, 15) is 0 Å². The molecule has 1 aromatic rings. The molecule has 1 fully saturated rings. The van der Waals surface area contributed by atoms with Gasteiger partial charge in [-0.1, -0.05) is 12.1 Å². The molecule has 6 heteroatoms. The van der Waals surface area contributed by atoms with Crippen LogP contribution < -0.4 is 10.2 Å². The molecule has 0 spiro atoms. The molecular weight excluding hydrogens is 257 g/mol. The predicted molar refractivity (Wildman–Crippen MR) is 78.2 cm³/mol. The van der Waals surface area contributed by atoms with Gasteiger partial charge in [0.15, 0.2) is 0 Å². The van der Waals surface area contributed by atoms with Crippen LogP contribution in [0.5, 0.6) is 5.75 Å². The third-order valence-corrected chi connectivity index (χ3v) is 3.44. The SMILES string of the molecule is CN(CCOc1cccc(B(O)O)c1)CC1CCCO1. The highest BCUT2D eigenvalue weighted by atomic mass is 16.5. The lowest BCUT2D eigenvalue weighted by atomic mass is 9.80. The first kappa shape index (κ1) is 15.3. The van der Waals surface area contributed by atoms with E-state index in [-0.39, 0.29) is 0 Å². The van der Waals surface area contributed by atoms with Crippen molar-refractivity contribution in [3.63, 3.8) is 0 Å². The van der Waals surface area contributed by atoms with Gasteiger partial charge in [-0.15, -0.1) is 0 Å². The second-order valence-corrected chi connectivity index (χ2v) is 5.19. The second-order valence-electron chi connectivity index (χ2n) is 5.19. The van der Waals surface area contributed by atoms with Crippen molar-refractivity contribution in [2.45, 2.75) is 18.9 Å². The molecule has 20 heavy (non-hydrogen) atoms. The summed E-state index contributed by atoms with van der Waals surface area (Å²) in [6.07, 6.45) is 2.65. The molecule has 2 rings (SSSR count). The minimum Gasteiger partial charge on any atom is -0.492 e. The monoisotopic (exact) mass is 279 g/mol. The molecule has 2 N–H and O–H groups in total. The van der Waals surface area contributed by atoms with Crippen LogP contribution in [-0.4, -0.2) is 61.5 Å². The van der Waals surface area contributed by atoms with Gasteiger partial charge in [0.2, 0.25) is 0 Å². The molecule has 1 aliphatic rings. The van der Waals surface area contributed by atoms with Crippen LogP contribution in [0.4, 0.5) is 0 Å². The van der Waals surface area contributed by atoms with E-state index in [0.717, 1.165) is 32.5 Å².